The molecule has 120 valence electrons. The van der Waals surface area contributed by atoms with Gasteiger partial charge in [0.25, 0.3) is 0 Å². The molecule has 2 fully saturated rings. The van der Waals surface area contributed by atoms with Crippen molar-refractivity contribution >= 4 is 11.8 Å². The molecule has 0 radical (unpaired) electrons. The molecule has 2 aliphatic rings. The fourth-order valence-electron chi connectivity index (χ4n) is 3.72. The molecule has 0 spiro atoms. The van der Waals surface area contributed by atoms with Gasteiger partial charge in [0.15, 0.2) is 0 Å². The Morgan fingerprint density at radius 1 is 1.19 bits per heavy atom. The summed E-state index contributed by atoms with van der Waals surface area (Å²) in [6.45, 7) is 11.2. The Hall–Kier alpha value is -1.14. The molecule has 2 rings (SSSR count). The molecule has 0 aliphatic carbocycles. The van der Waals surface area contributed by atoms with Gasteiger partial charge in [-0.15, -0.1) is 0 Å². The number of hydrogen-bond acceptors (Lipinski definition) is 4. The average molecular weight is 296 g/mol. The van der Waals surface area contributed by atoms with E-state index < -0.39 is 0 Å². The van der Waals surface area contributed by atoms with Crippen molar-refractivity contribution in [3.63, 3.8) is 0 Å². The molecule has 21 heavy (non-hydrogen) atoms. The lowest BCUT2D eigenvalue weighted by Crippen LogP contribution is -2.53. The van der Waals surface area contributed by atoms with E-state index in [1.54, 1.807) is 6.92 Å². The van der Waals surface area contributed by atoms with E-state index >= 15 is 0 Å². The van der Waals surface area contributed by atoms with Crippen LogP contribution < -0.4 is 5.73 Å². The summed E-state index contributed by atoms with van der Waals surface area (Å²) >= 11 is 0. The van der Waals surface area contributed by atoms with Gasteiger partial charge in [-0.2, -0.15) is 0 Å². The standard InChI is InChI=1S/C15H28N4O2/c1-4-13(15(16)21)19-9-11(2)14(10-19)18-7-5-17(6-8-18)12(3)20/h11,13-14H,4-10H2,1-3H3,(H2,16,21). The van der Waals surface area contributed by atoms with Crippen molar-refractivity contribution < 1.29 is 9.59 Å². The van der Waals surface area contributed by atoms with Crippen molar-refractivity contribution in [1.29, 1.82) is 0 Å². The number of nitrogens with two attached hydrogens (primary N) is 1. The van der Waals surface area contributed by atoms with Crippen LogP contribution in [0.15, 0.2) is 0 Å². The van der Waals surface area contributed by atoms with Gasteiger partial charge >= 0.3 is 0 Å². The van der Waals surface area contributed by atoms with Crippen molar-refractivity contribution in [3.8, 4) is 0 Å². The van der Waals surface area contributed by atoms with Crippen LogP contribution in [0.4, 0.5) is 0 Å². The van der Waals surface area contributed by atoms with Crippen molar-refractivity contribution in [1.82, 2.24) is 14.7 Å². The maximum atomic E-state index is 11.5. The highest BCUT2D eigenvalue weighted by molar-refractivity contribution is 5.79. The smallest absolute Gasteiger partial charge is 0.234 e. The summed E-state index contributed by atoms with van der Waals surface area (Å²) in [5.41, 5.74) is 5.51. The van der Waals surface area contributed by atoms with E-state index in [1.807, 2.05) is 11.8 Å². The van der Waals surface area contributed by atoms with E-state index in [9.17, 15) is 9.59 Å². The zero-order chi connectivity index (χ0) is 15.6. The summed E-state index contributed by atoms with van der Waals surface area (Å²) in [5, 5.41) is 0. The van der Waals surface area contributed by atoms with Gasteiger partial charge in [-0.25, -0.2) is 0 Å². The first kappa shape index (κ1) is 16.2. The Balaban J connectivity index is 1.93. The maximum Gasteiger partial charge on any atom is 0.234 e. The highest BCUT2D eigenvalue weighted by atomic mass is 16.2. The monoisotopic (exact) mass is 296 g/mol. The van der Waals surface area contributed by atoms with Crippen molar-refractivity contribution in [2.24, 2.45) is 11.7 Å². The summed E-state index contributed by atoms with van der Waals surface area (Å²) in [6, 6.07) is 0.323. The Bertz CT molecular complexity index is 393. The zero-order valence-corrected chi connectivity index (χ0v) is 13.4. The first-order valence-corrected chi connectivity index (χ1v) is 7.97. The van der Waals surface area contributed by atoms with Crippen LogP contribution in [-0.2, 0) is 9.59 Å². The van der Waals surface area contributed by atoms with E-state index in [-0.39, 0.29) is 17.9 Å². The number of nitrogens with zero attached hydrogens (tertiary/aromatic N) is 3. The van der Waals surface area contributed by atoms with Gasteiger partial charge in [0.2, 0.25) is 11.8 Å². The normalized spacial score (nSPS) is 29.6. The number of carbonyl (C=O) groups is 2. The fourth-order valence-corrected chi connectivity index (χ4v) is 3.72. The molecule has 0 aromatic rings. The van der Waals surface area contributed by atoms with Crippen LogP contribution in [0.2, 0.25) is 0 Å². The highest BCUT2D eigenvalue weighted by Crippen LogP contribution is 2.25. The van der Waals surface area contributed by atoms with Gasteiger partial charge in [0.1, 0.15) is 0 Å². The second-order valence-electron chi connectivity index (χ2n) is 6.37. The molecule has 2 N–H and O–H groups in total. The quantitative estimate of drug-likeness (QED) is 0.776. The molecular formula is C15H28N4O2. The van der Waals surface area contributed by atoms with Crippen LogP contribution in [0.1, 0.15) is 27.2 Å². The predicted molar refractivity (Wildman–Crippen MR) is 81.6 cm³/mol. The first-order chi connectivity index (χ1) is 9.93. The molecule has 3 atom stereocenters. The SMILES string of the molecule is CCC(C(N)=O)N1CC(C)C(N2CCN(C(C)=O)CC2)C1. The highest BCUT2D eigenvalue weighted by Gasteiger charge is 2.38. The number of piperazine rings is 1. The van der Waals surface area contributed by atoms with Crippen molar-refractivity contribution in [2.75, 3.05) is 39.3 Å². The summed E-state index contributed by atoms with van der Waals surface area (Å²) in [7, 11) is 0. The molecular weight excluding hydrogens is 268 g/mol. The summed E-state index contributed by atoms with van der Waals surface area (Å²) in [4.78, 5) is 29.6. The molecule has 2 amide bonds. The van der Waals surface area contributed by atoms with E-state index in [0.717, 1.165) is 45.7 Å². The van der Waals surface area contributed by atoms with Crippen LogP contribution in [0, 0.1) is 5.92 Å². The maximum absolute atomic E-state index is 11.5. The van der Waals surface area contributed by atoms with Crippen LogP contribution >= 0.6 is 0 Å². The molecule has 0 aromatic heterocycles. The lowest BCUT2D eigenvalue weighted by atomic mass is 10.0. The Labute approximate surface area is 127 Å². The molecule has 2 saturated heterocycles. The topological polar surface area (TPSA) is 69.9 Å². The largest absolute Gasteiger partial charge is 0.368 e. The third-order valence-electron chi connectivity index (χ3n) is 4.99. The molecule has 2 aliphatic heterocycles. The van der Waals surface area contributed by atoms with Crippen molar-refractivity contribution in [3.05, 3.63) is 0 Å². The number of likely N-dealkylation sites (tertiary alicyclic amines) is 1. The Morgan fingerprint density at radius 2 is 1.81 bits per heavy atom. The zero-order valence-electron chi connectivity index (χ0n) is 13.4. The Kier molecular flexibility index (Phi) is 5.22. The number of carbonyl (C=O) groups excluding carboxylic acids is 2. The van der Waals surface area contributed by atoms with Gasteiger partial charge < -0.3 is 10.6 Å². The summed E-state index contributed by atoms with van der Waals surface area (Å²) in [6.07, 6.45) is 0.771. The van der Waals surface area contributed by atoms with Crippen molar-refractivity contribution in [2.45, 2.75) is 39.3 Å². The first-order valence-electron chi connectivity index (χ1n) is 7.97. The van der Waals surface area contributed by atoms with Crippen LogP contribution in [0.5, 0.6) is 0 Å². The molecule has 6 heteroatoms. The molecule has 0 aromatic carbocycles. The van der Waals surface area contributed by atoms with Gasteiger partial charge in [-0.05, 0) is 12.3 Å². The predicted octanol–water partition coefficient (Wildman–Crippen LogP) is -0.265. The molecule has 6 nitrogen and oxygen atoms in total. The van der Waals surface area contributed by atoms with Gasteiger partial charge in [-0.1, -0.05) is 13.8 Å². The van der Waals surface area contributed by atoms with E-state index in [4.69, 9.17) is 5.73 Å². The molecule has 3 unspecified atom stereocenters. The minimum absolute atomic E-state index is 0.143. The second kappa shape index (κ2) is 6.75. The lowest BCUT2D eigenvalue weighted by Gasteiger charge is -2.39. The van der Waals surface area contributed by atoms with Gasteiger partial charge in [0.05, 0.1) is 6.04 Å². The third-order valence-corrected chi connectivity index (χ3v) is 4.99. The minimum Gasteiger partial charge on any atom is -0.368 e. The molecule has 2 heterocycles. The summed E-state index contributed by atoms with van der Waals surface area (Å²) < 4.78 is 0. The minimum atomic E-state index is -0.216. The molecule has 0 saturated carbocycles. The van der Waals surface area contributed by atoms with Crippen LogP contribution in [0.3, 0.4) is 0 Å². The van der Waals surface area contributed by atoms with Gasteiger partial charge in [-0.3, -0.25) is 19.4 Å². The van der Waals surface area contributed by atoms with E-state index in [1.165, 1.54) is 0 Å². The molecule has 0 bridgehead atoms. The average Bonchev–Trinajstić information content (AvgIpc) is 2.81. The van der Waals surface area contributed by atoms with E-state index in [2.05, 4.69) is 16.7 Å². The lowest BCUT2D eigenvalue weighted by molar-refractivity contribution is -0.131. The van der Waals surface area contributed by atoms with Crippen LogP contribution in [0.25, 0.3) is 0 Å². The van der Waals surface area contributed by atoms with Gasteiger partial charge in [0, 0.05) is 52.2 Å². The van der Waals surface area contributed by atoms with E-state index in [0.29, 0.717) is 12.0 Å². The van der Waals surface area contributed by atoms with Crippen LogP contribution in [-0.4, -0.2) is 77.9 Å². The Morgan fingerprint density at radius 3 is 2.29 bits per heavy atom. The summed E-state index contributed by atoms with van der Waals surface area (Å²) in [5.74, 6) is 0.476. The fraction of sp³-hybridized carbons (Fsp3) is 0.867. The number of hydrogen-bond donors (Lipinski definition) is 1. The third kappa shape index (κ3) is 3.55. The number of primary amides is 1. The number of amides is 2. The second-order valence-corrected chi connectivity index (χ2v) is 6.37. The number of rotatable bonds is 4.